The first-order chi connectivity index (χ1) is 12.1. The maximum atomic E-state index is 12.0. The van der Waals surface area contributed by atoms with E-state index in [2.05, 4.69) is 5.32 Å². The van der Waals surface area contributed by atoms with Crippen molar-refractivity contribution in [3.8, 4) is 5.75 Å². The smallest absolute Gasteiger partial charge is 0.338 e. The molecule has 132 valence electrons. The molecule has 0 saturated heterocycles. The highest BCUT2D eigenvalue weighted by molar-refractivity contribution is 5.93. The van der Waals surface area contributed by atoms with Gasteiger partial charge in [-0.2, -0.15) is 0 Å². The highest BCUT2D eigenvalue weighted by Crippen LogP contribution is 2.14. The van der Waals surface area contributed by atoms with Gasteiger partial charge in [-0.05, 0) is 62.2 Å². The van der Waals surface area contributed by atoms with E-state index in [9.17, 15) is 9.59 Å². The van der Waals surface area contributed by atoms with Crippen LogP contribution in [0, 0.1) is 0 Å². The quantitative estimate of drug-likeness (QED) is 0.741. The van der Waals surface area contributed by atoms with Crippen LogP contribution in [0.25, 0.3) is 0 Å². The molecular weight excluding hydrogens is 318 g/mol. The fourth-order valence-corrected chi connectivity index (χ4v) is 2.30. The number of benzene rings is 2. The van der Waals surface area contributed by atoms with Crippen molar-refractivity contribution in [2.24, 2.45) is 0 Å². The first kappa shape index (κ1) is 18.5. The Bertz CT molecular complexity index is 693. The summed E-state index contributed by atoms with van der Waals surface area (Å²) >= 11 is 0. The molecule has 0 radical (unpaired) electrons. The number of hydrogen-bond acceptors (Lipinski definition) is 4. The van der Waals surface area contributed by atoms with Gasteiger partial charge in [0.2, 0.25) is 5.91 Å². The molecule has 0 aromatic heterocycles. The third-order valence-corrected chi connectivity index (χ3v) is 3.55. The molecule has 25 heavy (non-hydrogen) atoms. The summed E-state index contributed by atoms with van der Waals surface area (Å²) in [5, 5.41) is 2.83. The van der Waals surface area contributed by atoms with E-state index in [4.69, 9.17) is 9.47 Å². The Kier molecular flexibility index (Phi) is 7.01. The van der Waals surface area contributed by atoms with Gasteiger partial charge in [0.25, 0.3) is 0 Å². The molecule has 0 unspecified atom stereocenters. The number of nitrogens with one attached hydrogen (secondary N) is 1. The maximum Gasteiger partial charge on any atom is 0.338 e. The Hall–Kier alpha value is -2.82. The van der Waals surface area contributed by atoms with Crippen LogP contribution in [-0.2, 0) is 16.0 Å². The van der Waals surface area contributed by atoms with E-state index in [0.717, 1.165) is 11.3 Å². The third kappa shape index (κ3) is 5.95. The fourth-order valence-electron chi connectivity index (χ4n) is 2.30. The summed E-state index contributed by atoms with van der Waals surface area (Å²) in [7, 11) is 0. The van der Waals surface area contributed by atoms with Gasteiger partial charge in [0.15, 0.2) is 0 Å². The molecule has 0 aliphatic rings. The molecular formula is C20H23NO4. The standard InChI is InChI=1S/C20H23NO4/c1-3-24-18-12-5-15(6-13-18)7-14-19(22)21-17-10-8-16(9-11-17)20(23)25-4-2/h5-6,8-13H,3-4,7,14H2,1-2H3,(H,21,22). The Labute approximate surface area is 148 Å². The lowest BCUT2D eigenvalue weighted by Gasteiger charge is -2.07. The molecule has 0 fully saturated rings. The zero-order chi connectivity index (χ0) is 18.1. The molecule has 2 aromatic carbocycles. The lowest BCUT2D eigenvalue weighted by molar-refractivity contribution is -0.116. The van der Waals surface area contributed by atoms with Gasteiger partial charge in [-0.1, -0.05) is 12.1 Å². The molecule has 0 heterocycles. The molecule has 1 amide bonds. The second-order valence-electron chi connectivity index (χ2n) is 5.42. The van der Waals surface area contributed by atoms with Crippen LogP contribution in [0.4, 0.5) is 5.69 Å². The number of carbonyl (C=O) groups is 2. The summed E-state index contributed by atoms with van der Waals surface area (Å²) in [6.45, 7) is 4.67. The van der Waals surface area contributed by atoms with Crippen LogP contribution in [-0.4, -0.2) is 25.1 Å². The van der Waals surface area contributed by atoms with Crippen LogP contribution in [0.15, 0.2) is 48.5 Å². The Balaban J connectivity index is 1.82. The Morgan fingerprint density at radius 1 is 0.920 bits per heavy atom. The second-order valence-corrected chi connectivity index (χ2v) is 5.42. The summed E-state index contributed by atoms with van der Waals surface area (Å²) < 4.78 is 10.3. The van der Waals surface area contributed by atoms with E-state index in [1.165, 1.54) is 0 Å². The highest BCUT2D eigenvalue weighted by Gasteiger charge is 2.07. The topological polar surface area (TPSA) is 64.6 Å². The Morgan fingerprint density at radius 3 is 2.20 bits per heavy atom. The lowest BCUT2D eigenvalue weighted by atomic mass is 10.1. The molecule has 5 heteroatoms. The molecule has 2 aromatic rings. The number of esters is 1. The van der Waals surface area contributed by atoms with Gasteiger partial charge in [0.05, 0.1) is 18.8 Å². The van der Waals surface area contributed by atoms with Gasteiger partial charge in [-0.25, -0.2) is 4.79 Å². The molecule has 0 spiro atoms. The van der Waals surface area contributed by atoms with Gasteiger partial charge in [-0.3, -0.25) is 4.79 Å². The summed E-state index contributed by atoms with van der Waals surface area (Å²) in [5.74, 6) is 0.394. The fraction of sp³-hybridized carbons (Fsp3) is 0.300. The highest BCUT2D eigenvalue weighted by atomic mass is 16.5. The van der Waals surface area contributed by atoms with E-state index in [1.807, 2.05) is 31.2 Å². The average molecular weight is 341 g/mol. The van der Waals surface area contributed by atoms with E-state index in [0.29, 0.717) is 37.3 Å². The maximum absolute atomic E-state index is 12.0. The van der Waals surface area contributed by atoms with Crippen LogP contribution in [0.1, 0.15) is 36.2 Å². The van der Waals surface area contributed by atoms with Crippen LogP contribution in [0.2, 0.25) is 0 Å². The molecule has 0 atom stereocenters. The summed E-state index contributed by atoms with van der Waals surface area (Å²) in [6.07, 6.45) is 1.03. The van der Waals surface area contributed by atoms with Gasteiger partial charge in [0.1, 0.15) is 5.75 Å². The molecule has 5 nitrogen and oxygen atoms in total. The minimum Gasteiger partial charge on any atom is -0.494 e. The van der Waals surface area contributed by atoms with Crippen molar-refractivity contribution in [2.45, 2.75) is 26.7 Å². The van der Waals surface area contributed by atoms with Crippen LogP contribution in [0.5, 0.6) is 5.75 Å². The van der Waals surface area contributed by atoms with Crippen molar-refractivity contribution in [2.75, 3.05) is 18.5 Å². The predicted octanol–water partition coefficient (Wildman–Crippen LogP) is 3.83. The van der Waals surface area contributed by atoms with E-state index >= 15 is 0 Å². The molecule has 0 bridgehead atoms. The molecule has 2 rings (SSSR count). The van der Waals surface area contributed by atoms with E-state index in [1.54, 1.807) is 31.2 Å². The molecule has 0 aliphatic heterocycles. The number of carbonyl (C=O) groups excluding carboxylic acids is 2. The van der Waals surface area contributed by atoms with Crippen molar-refractivity contribution in [1.82, 2.24) is 0 Å². The van der Waals surface area contributed by atoms with Crippen molar-refractivity contribution in [3.05, 3.63) is 59.7 Å². The third-order valence-electron chi connectivity index (χ3n) is 3.55. The number of hydrogen-bond donors (Lipinski definition) is 1. The normalized spacial score (nSPS) is 10.2. The van der Waals surface area contributed by atoms with E-state index in [-0.39, 0.29) is 11.9 Å². The second kappa shape index (κ2) is 9.47. The lowest BCUT2D eigenvalue weighted by Crippen LogP contribution is -2.12. The van der Waals surface area contributed by atoms with Gasteiger partial charge < -0.3 is 14.8 Å². The van der Waals surface area contributed by atoms with Gasteiger partial charge >= 0.3 is 5.97 Å². The summed E-state index contributed by atoms with van der Waals surface area (Å²) in [5.41, 5.74) is 2.20. The minimum atomic E-state index is -0.365. The zero-order valence-electron chi connectivity index (χ0n) is 14.6. The largest absolute Gasteiger partial charge is 0.494 e. The predicted molar refractivity (Wildman–Crippen MR) is 97.0 cm³/mol. The SMILES string of the molecule is CCOC(=O)c1ccc(NC(=O)CCc2ccc(OCC)cc2)cc1. The number of anilines is 1. The van der Waals surface area contributed by atoms with Gasteiger partial charge in [-0.15, -0.1) is 0 Å². The van der Waals surface area contributed by atoms with Crippen LogP contribution >= 0.6 is 0 Å². The minimum absolute atomic E-state index is 0.0715. The average Bonchev–Trinajstić information content (AvgIpc) is 2.62. The van der Waals surface area contributed by atoms with Gasteiger partial charge in [0, 0.05) is 12.1 Å². The molecule has 0 aliphatic carbocycles. The molecule has 0 saturated carbocycles. The summed E-state index contributed by atoms with van der Waals surface area (Å²) in [6, 6.07) is 14.4. The van der Waals surface area contributed by atoms with Crippen molar-refractivity contribution in [1.29, 1.82) is 0 Å². The van der Waals surface area contributed by atoms with Crippen molar-refractivity contribution in [3.63, 3.8) is 0 Å². The first-order valence-electron chi connectivity index (χ1n) is 8.41. The van der Waals surface area contributed by atoms with Crippen LogP contribution in [0.3, 0.4) is 0 Å². The number of ether oxygens (including phenoxy) is 2. The Morgan fingerprint density at radius 2 is 1.60 bits per heavy atom. The number of amides is 1. The van der Waals surface area contributed by atoms with Crippen molar-refractivity contribution >= 4 is 17.6 Å². The van der Waals surface area contributed by atoms with Crippen molar-refractivity contribution < 1.29 is 19.1 Å². The first-order valence-corrected chi connectivity index (χ1v) is 8.41. The number of aryl methyl sites for hydroxylation is 1. The van der Waals surface area contributed by atoms with Crippen LogP contribution < -0.4 is 10.1 Å². The zero-order valence-corrected chi connectivity index (χ0v) is 14.6. The summed E-state index contributed by atoms with van der Waals surface area (Å²) in [4.78, 5) is 23.6. The number of rotatable bonds is 8. The molecule has 1 N–H and O–H groups in total. The van der Waals surface area contributed by atoms with E-state index < -0.39 is 0 Å². The monoisotopic (exact) mass is 341 g/mol.